The first-order valence-corrected chi connectivity index (χ1v) is 12.4. The van der Waals surface area contributed by atoms with Crippen LogP contribution >= 0.6 is 11.8 Å². The molecule has 1 N–H and O–H groups in total. The molecule has 6 heteroatoms. The molecular formula is C26H33N3O2S. The Morgan fingerprint density at radius 1 is 0.906 bits per heavy atom. The van der Waals surface area contributed by atoms with E-state index < -0.39 is 0 Å². The second kappa shape index (κ2) is 13.1. The third-order valence-corrected chi connectivity index (χ3v) is 6.46. The molecule has 2 heterocycles. The van der Waals surface area contributed by atoms with E-state index in [2.05, 4.69) is 27.1 Å². The van der Waals surface area contributed by atoms with Gasteiger partial charge in [-0.25, -0.2) is 4.98 Å². The lowest BCUT2D eigenvalue weighted by Gasteiger charge is -2.07. The molecule has 32 heavy (non-hydrogen) atoms. The summed E-state index contributed by atoms with van der Waals surface area (Å²) in [6, 6.07) is 12.2. The van der Waals surface area contributed by atoms with Crippen LogP contribution in [0, 0.1) is 6.92 Å². The summed E-state index contributed by atoms with van der Waals surface area (Å²) in [5.41, 5.74) is 3.91. The smallest absolute Gasteiger partial charge is 0.255 e. The zero-order chi connectivity index (χ0) is 22.6. The number of aryl methyl sites for hydroxylation is 2. The summed E-state index contributed by atoms with van der Waals surface area (Å²) in [5, 5.41) is 0.706. The number of unbranched alkanes of at least 4 members (excludes halogenated alkanes) is 5. The van der Waals surface area contributed by atoms with Gasteiger partial charge >= 0.3 is 0 Å². The number of hydrogen-bond acceptors (Lipinski definition) is 5. The summed E-state index contributed by atoms with van der Waals surface area (Å²) in [5.74, 6) is 1.97. The van der Waals surface area contributed by atoms with Crippen LogP contribution in [0.25, 0.3) is 0 Å². The number of pyridine rings is 1. The molecule has 0 aliphatic carbocycles. The lowest BCUT2D eigenvalue weighted by molar-refractivity contribution is 0.408. The summed E-state index contributed by atoms with van der Waals surface area (Å²) in [4.78, 5) is 24.0. The summed E-state index contributed by atoms with van der Waals surface area (Å²) < 4.78 is 5.42. The molecule has 0 fully saturated rings. The summed E-state index contributed by atoms with van der Waals surface area (Å²) >= 11 is 1.63. The number of aromatic amines is 1. The van der Waals surface area contributed by atoms with E-state index in [-0.39, 0.29) is 5.56 Å². The number of H-pyrrole nitrogens is 1. The van der Waals surface area contributed by atoms with Crippen LogP contribution in [0.3, 0.4) is 0 Å². The van der Waals surface area contributed by atoms with Gasteiger partial charge in [-0.2, -0.15) is 0 Å². The molecule has 0 unspecified atom stereocenters. The molecule has 0 saturated heterocycles. The number of rotatable bonds is 13. The van der Waals surface area contributed by atoms with E-state index in [9.17, 15) is 4.79 Å². The molecule has 0 aliphatic rings. The fourth-order valence-electron chi connectivity index (χ4n) is 3.63. The van der Waals surface area contributed by atoms with Crippen molar-refractivity contribution in [3.8, 4) is 5.75 Å². The lowest BCUT2D eigenvalue weighted by atomic mass is 10.0. The van der Waals surface area contributed by atoms with Gasteiger partial charge < -0.3 is 9.72 Å². The zero-order valence-electron chi connectivity index (χ0n) is 19.1. The minimum Gasteiger partial charge on any atom is -0.496 e. The van der Waals surface area contributed by atoms with Gasteiger partial charge in [0.05, 0.1) is 7.11 Å². The maximum absolute atomic E-state index is 12.4. The summed E-state index contributed by atoms with van der Waals surface area (Å²) in [7, 11) is 1.74. The highest BCUT2D eigenvalue weighted by molar-refractivity contribution is 7.99. The largest absolute Gasteiger partial charge is 0.496 e. The van der Waals surface area contributed by atoms with Gasteiger partial charge in [-0.05, 0) is 49.4 Å². The van der Waals surface area contributed by atoms with Crippen LogP contribution in [-0.4, -0.2) is 27.8 Å². The first kappa shape index (κ1) is 24.1. The Hall–Kier alpha value is -2.60. The average molecular weight is 452 g/mol. The highest BCUT2D eigenvalue weighted by atomic mass is 32.2. The molecule has 3 aromatic rings. The fraction of sp³-hybridized carbons (Fsp3) is 0.423. The minimum absolute atomic E-state index is 0.0573. The van der Waals surface area contributed by atoms with Crippen molar-refractivity contribution in [1.29, 1.82) is 0 Å². The van der Waals surface area contributed by atoms with Gasteiger partial charge in [-0.1, -0.05) is 61.7 Å². The number of ether oxygens (including phenoxy) is 1. The highest BCUT2D eigenvalue weighted by Gasteiger charge is 2.05. The fourth-order valence-corrected chi connectivity index (χ4v) is 4.46. The number of nitrogens with zero attached hydrogens (tertiary/aromatic N) is 2. The number of hydrogen-bond donors (Lipinski definition) is 1. The predicted molar refractivity (Wildman–Crippen MR) is 132 cm³/mol. The number of nitrogens with one attached hydrogen (secondary N) is 1. The Bertz CT molecular complexity index is 1020. The van der Waals surface area contributed by atoms with Crippen molar-refractivity contribution < 1.29 is 4.74 Å². The molecule has 0 aliphatic heterocycles. The molecule has 3 rings (SSSR count). The molecule has 0 amide bonds. The Kier molecular flexibility index (Phi) is 9.82. The second-order valence-electron chi connectivity index (χ2n) is 8.06. The molecule has 5 nitrogen and oxygen atoms in total. The van der Waals surface area contributed by atoms with Gasteiger partial charge in [0.1, 0.15) is 5.75 Å². The molecule has 0 spiro atoms. The molecule has 0 atom stereocenters. The van der Waals surface area contributed by atoms with Crippen molar-refractivity contribution in [3.05, 3.63) is 81.5 Å². The number of thioether (sulfide) groups is 1. The van der Waals surface area contributed by atoms with Crippen LogP contribution in [0.5, 0.6) is 5.75 Å². The monoisotopic (exact) mass is 451 g/mol. The Morgan fingerprint density at radius 3 is 2.44 bits per heavy atom. The van der Waals surface area contributed by atoms with E-state index in [1.54, 1.807) is 25.1 Å². The van der Waals surface area contributed by atoms with Crippen molar-refractivity contribution in [2.24, 2.45) is 0 Å². The Morgan fingerprint density at radius 2 is 1.69 bits per heavy atom. The van der Waals surface area contributed by atoms with E-state index in [0.717, 1.165) is 35.6 Å². The highest BCUT2D eigenvalue weighted by Crippen LogP contribution is 2.20. The van der Waals surface area contributed by atoms with Gasteiger partial charge in [-0.3, -0.25) is 9.78 Å². The quantitative estimate of drug-likeness (QED) is 0.204. The summed E-state index contributed by atoms with van der Waals surface area (Å²) in [6.07, 6.45) is 12.5. The van der Waals surface area contributed by atoms with Crippen molar-refractivity contribution in [1.82, 2.24) is 15.0 Å². The van der Waals surface area contributed by atoms with Crippen molar-refractivity contribution in [3.63, 3.8) is 0 Å². The van der Waals surface area contributed by atoms with Crippen molar-refractivity contribution >= 4 is 11.8 Å². The van der Waals surface area contributed by atoms with Gasteiger partial charge in [0.25, 0.3) is 5.56 Å². The maximum atomic E-state index is 12.4. The van der Waals surface area contributed by atoms with E-state index in [4.69, 9.17) is 4.74 Å². The molecule has 1 aromatic carbocycles. The second-order valence-corrected chi connectivity index (χ2v) is 9.14. The molecule has 2 aromatic heterocycles. The van der Waals surface area contributed by atoms with Gasteiger partial charge in [-0.15, -0.1) is 0 Å². The molecule has 0 bridgehead atoms. The Balaban J connectivity index is 1.28. The number of aromatic nitrogens is 3. The van der Waals surface area contributed by atoms with Crippen LogP contribution in [0.15, 0.2) is 58.7 Å². The third-order valence-electron chi connectivity index (χ3n) is 5.49. The summed E-state index contributed by atoms with van der Waals surface area (Å²) in [6.45, 7) is 1.95. The average Bonchev–Trinajstić information content (AvgIpc) is 2.81. The third kappa shape index (κ3) is 7.83. The number of methoxy groups -OCH3 is 1. The van der Waals surface area contributed by atoms with E-state index in [0.29, 0.717) is 17.1 Å². The maximum Gasteiger partial charge on any atom is 0.255 e. The van der Waals surface area contributed by atoms with Crippen LogP contribution in [0.1, 0.15) is 60.9 Å². The van der Waals surface area contributed by atoms with Crippen molar-refractivity contribution in [2.75, 3.05) is 12.9 Å². The van der Waals surface area contributed by atoms with E-state index in [1.165, 1.54) is 37.7 Å². The van der Waals surface area contributed by atoms with Crippen LogP contribution < -0.4 is 10.3 Å². The number of para-hydroxylation sites is 1. The molecule has 170 valence electrons. The SMILES string of the molecule is COc1ccccc1CCCCCCCCSc1ncc(Cc2ccc(C)nc2)c(=O)[nH]1. The van der Waals surface area contributed by atoms with Crippen LogP contribution in [0.4, 0.5) is 0 Å². The minimum atomic E-state index is -0.0573. The first-order chi connectivity index (χ1) is 15.7. The standard InChI is InChI=1S/C26H33N3O2S/c1-20-14-15-21(18-27-20)17-23-19-28-26(29-25(23)30)32-16-10-6-4-3-5-7-11-22-12-8-9-13-24(22)31-2/h8-9,12-15,18-19H,3-7,10-11,16-17H2,1-2H3,(H,28,29,30). The lowest BCUT2D eigenvalue weighted by Crippen LogP contribution is -2.14. The molecule has 0 saturated carbocycles. The van der Waals surface area contributed by atoms with Crippen LogP contribution in [0.2, 0.25) is 0 Å². The van der Waals surface area contributed by atoms with E-state index in [1.807, 2.05) is 37.4 Å². The normalized spacial score (nSPS) is 10.9. The zero-order valence-corrected chi connectivity index (χ0v) is 19.9. The van der Waals surface area contributed by atoms with Crippen LogP contribution in [-0.2, 0) is 12.8 Å². The number of benzene rings is 1. The Labute approximate surface area is 195 Å². The van der Waals surface area contributed by atoms with Gasteiger partial charge in [0, 0.05) is 35.8 Å². The first-order valence-electron chi connectivity index (χ1n) is 11.4. The van der Waals surface area contributed by atoms with Gasteiger partial charge in [0.15, 0.2) is 5.16 Å². The van der Waals surface area contributed by atoms with Gasteiger partial charge in [0.2, 0.25) is 0 Å². The topological polar surface area (TPSA) is 67.9 Å². The predicted octanol–water partition coefficient (Wildman–Crippen LogP) is 5.75. The van der Waals surface area contributed by atoms with Crippen molar-refractivity contribution in [2.45, 2.75) is 63.4 Å². The molecular weight excluding hydrogens is 418 g/mol. The van der Waals surface area contributed by atoms with E-state index >= 15 is 0 Å². The molecule has 0 radical (unpaired) electrons.